The molecule has 0 aliphatic rings. The quantitative estimate of drug-likeness (QED) is 0.206. The zero-order chi connectivity index (χ0) is 28.0. The molecule has 0 aliphatic heterocycles. The average molecular weight is 555 g/mol. The number of hydrogen-bond donors (Lipinski definition) is 2. The fourth-order valence-electron chi connectivity index (χ4n) is 3.92. The van der Waals surface area contributed by atoms with Gasteiger partial charge in [-0.15, -0.1) is 13.2 Å². The molecule has 0 aromatic heterocycles. The van der Waals surface area contributed by atoms with Gasteiger partial charge in [-0.2, -0.15) is 4.55 Å². The van der Waals surface area contributed by atoms with Gasteiger partial charge in [-0.1, -0.05) is 48.0 Å². The molecule has 39 heavy (non-hydrogen) atoms. The van der Waals surface area contributed by atoms with Gasteiger partial charge in [0.1, 0.15) is 23.0 Å². The Labute approximate surface area is 227 Å². The van der Waals surface area contributed by atoms with E-state index in [4.69, 9.17) is 4.74 Å². The molecule has 0 heterocycles. The summed E-state index contributed by atoms with van der Waals surface area (Å²) in [5.41, 5.74) is 3.83. The second-order valence-electron chi connectivity index (χ2n) is 8.73. The van der Waals surface area contributed by atoms with E-state index in [0.29, 0.717) is 22.8 Å². The van der Waals surface area contributed by atoms with Crippen LogP contribution in [-0.4, -0.2) is 22.6 Å². The minimum atomic E-state index is -4.83. The molecule has 0 saturated heterocycles. The topological polar surface area (TPSA) is 67.8 Å². The first-order valence-electron chi connectivity index (χ1n) is 12.1. The van der Waals surface area contributed by atoms with Gasteiger partial charge in [0.05, 0.1) is 6.42 Å². The first-order valence-corrected chi connectivity index (χ1v) is 13.5. The highest BCUT2D eigenvalue weighted by Gasteiger charge is 2.31. The van der Waals surface area contributed by atoms with Crippen LogP contribution < -0.4 is 14.8 Å². The summed E-state index contributed by atoms with van der Waals surface area (Å²) in [5, 5.41) is 2.86. The standard InChI is InChI=1S/C30H26F3NO4S/c1-3-39(36)26-13-10-21(11-14-26)17-29(35)34-23-12-15-27(22-7-4-6-20(2)16-22)28(18-23)37-24-8-5-9-25(19-24)38-30(31,32)33/h4-16,18-19,36H,3,17H2,1-2H3/p+1. The number of alkyl halides is 3. The van der Waals surface area contributed by atoms with Crippen LogP contribution in [-0.2, 0) is 22.4 Å². The molecule has 2 N–H and O–H groups in total. The van der Waals surface area contributed by atoms with E-state index >= 15 is 0 Å². The molecule has 4 aromatic carbocycles. The number of ether oxygens (including phenoxy) is 2. The van der Waals surface area contributed by atoms with Crippen LogP contribution in [0.5, 0.6) is 17.2 Å². The molecule has 0 fully saturated rings. The van der Waals surface area contributed by atoms with Gasteiger partial charge >= 0.3 is 6.36 Å². The van der Waals surface area contributed by atoms with E-state index in [-0.39, 0.29) is 18.1 Å². The normalized spacial score (nSPS) is 12.1. The third-order valence-electron chi connectivity index (χ3n) is 5.69. The van der Waals surface area contributed by atoms with Crippen LogP contribution in [0.4, 0.5) is 18.9 Å². The number of rotatable bonds is 9. The van der Waals surface area contributed by atoms with E-state index in [1.165, 1.54) is 18.2 Å². The third-order valence-corrected chi connectivity index (χ3v) is 7.06. The second kappa shape index (κ2) is 12.3. The molecule has 0 radical (unpaired) electrons. The molecule has 4 aromatic rings. The molecule has 1 amide bonds. The first-order chi connectivity index (χ1) is 18.6. The lowest BCUT2D eigenvalue weighted by atomic mass is 10.0. The number of hydrogen-bond acceptors (Lipinski definition) is 4. The fraction of sp³-hybridized carbons (Fsp3) is 0.167. The zero-order valence-electron chi connectivity index (χ0n) is 21.3. The molecular weight excluding hydrogens is 527 g/mol. The lowest BCUT2D eigenvalue weighted by Gasteiger charge is -2.15. The number of amides is 1. The maximum Gasteiger partial charge on any atom is 0.573 e. The van der Waals surface area contributed by atoms with E-state index in [1.807, 2.05) is 62.4 Å². The lowest BCUT2D eigenvalue weighted by molar-refractivity contribution is -0.274. The van der Waals surface area contributed by atoms with Gasteiger partial charge in [0.15, 0.2) is 16.1 Å². The highest BCUT2D eigenvalue weighted by molar-refractivity contribution is 7.91. The lowest BCUT2D eigenvalue weighted by Crippen LogP contribution is -2.17. The van der Waals surface area contributed by atoms with E-state index in [1.54, 1.807) is 18.2 Å². The van der Waals surface area contributed by atoms with Crippen molar-refractivity contribution in [3.63, 3.8) is 0 Å². The molecule has 0 aliphatic carbocycles. The highest BCUT2D eigenvalue weighted by Crippen LogP contribution is 2.37. The summed E-state index contributed by atoms with van der Waals surface area (Å²) < 4.78 is 58.2. The second-order valence-corrected chi connectivity index (χ2v) is 10.5. The smallest absolute Gasteiger partial charge is 0.457 e. The van der Waals surface area contributed by atoms with Crippen LogP contribution in [0.2, 0.25) is 0 Å². The molecule has 1 atom stereocenters. The Morgan fingerprint density at radius 1 is 0.923 bits per heavy atom. The predicted molar refractivity (Wildman–Crippen MR) is 147 cm³/mol. The monoisotopic (exact) mass is 554 g/mol. The van der Waals surface area contributed by atoms with E-state index in [9.17, 15) is 22.5 Å². The zero-order valence-corrected chi connectivity index (χ0v) is 22.1. The van der Waals surface area contributed by atoms with Crippen molar-refractivity contribution in [3.05, 3.63) is 102 Å². The Morgan fingerprint density at radius 3 is 2.33 bits per heavy atom. The molecule has 5 nitrogen and oxygen atoms in total. The molecule has 4 rings (SSSR count). The number of anilines is 1. The molecule has 9 heteroatoms. The van der Waals surface area contributed by atoms with Gasteiger partial charge in [-0.05, 0) is 61.4 Å². The van der Waals surface area contributed by atoms with Crippen molar-refractivity contribution in [2.24, 2.45) is 0 Å². The summed E-state index contributed by atoms with van der Waals surface area (Å²) >= 11 is -0.817. The number of aryl methyl sites for hydroxylation is 1. The van der Waals surface area contributed by atoms with Crippen molar-refractivity contribution in [1.29, 1.82) is 0 Å². The molecule has 0 bridgehead atoms. The van der Waals surface area contributed by atoms with Crippen LogP contribution in [0.15, 0.2) is 95.9 Å². The Bertz CT molecular complexity index is 1440. The Hall–Kier alpha value is -3.95. The van der Waals surface area contributed by atoms with Crippen molar-refractivity contribution < 1.29 is 32.0 Å². The summed E-state index contributed by atoms with van der Waals surface area (Å²) in [4.78, 5) is 13.6. The minimum Gasteiger partial charge on any atom is -0.457 e. The van der Waals surface area contributed by atoms with Gasteiger partial charge < -0.3 is 14.8 Å². The molecule has 1 unspecified atom stereocenters. The first kappa shape index (κ1) is 28.1. The van der Waals surface area contributed by atoms with Crippen LogP contribution in [0.25, 0.3) is 11.1 Å². The average Bonchev–Trinajstić information content (AvgIpc) is 2.88. The van der Waals surface area contributed by atoms with Crippen LogP contribution in [0.3, 0.4) is 0 Å². The molecule has 0 spiro atoms. The van der Waals surface area contributed by atoms with Crippen molar-refractivity contribution in [1.82, 2.24) is 0 Å². The number of carbonyl (C=O) groups excluding carboxylic acids is 1. The summed E-state index contributed by atoms with van der Waals surface area (Å²) in [6, 6.07) is 25.4. The molecule has 0 saturated carbocycles. The van der Waals surface area contributed by atoms with Gasteiger partial charge in [-0.25, -0.2) is 0 Å². The third kappa shape index (κ3) is 8.02. The SMILES string of the molecule is CC[S+](O)c1ccc(CC(=O)Nc2ccc(-c3cccc(C)c3)c(Oc3cccc(OC(F)(F)F)c3)c2)cc1. The molecular formula is C30H27F3NO4S+. The highest BCUT2D eigenvalue weighted by atomic mass is 32.2. The van der Waals surface area contributed by atoms with E-state index in [0.717, 1.165) is 27.7 Å². The Balaban J connectivity index is 1.58. The number of nitrogens with one attached hydrogen (secondary N) is 1. The van der Waals surface area contributed by atoms with Crippen LogP contribution in [0, 0.1) is 6.92 Å². The predicted octanol–water partition coefficient (Wildman–Crippen LogP) is 8.00. The van der Waals surface area contributed by atoms with Crippen molar-refractivity contribution in [2.75, 3.05) is 11.1 Å². The maximum absolute atomic E-state index is 12.8. The fourth-order valence-corrected chi connectivity index (χ4v) is 4.70. The van der Waals surface area contributed by atoms with E-state index in [2.05, 4.69) is 10.1 Å². The summed E-state index contributed by atoms with van der Waals surface area (Å²) in [7, 11) is 0. The van der Waals surface area contributed by atoms with Gasteiger partial charge in [-0.3, -0.25) is 4.79 Å². The number of carbonyl (C=O) groups is 1. The van der Waals surface area contributed by atoms with Gasteiger partial charge in [0.2, 0.25) is 5.91 Å². The summed E-state index contributed by atoms with van der Waals surface area (Å²) in [5.74, 6) is 0.462. The van der Waals surface area contributed by atoms with Crippen LogP contribution >= 0.6 is 0 Å². The van der Waals surface area contributed by atoms with Crippen molar-refractivity contribution >= 4 is 22.8 Å². The number of halogens is 3. The van der Waals surface area contributed by atoms with Crippen molar-refractivity contribution in [3.8, 4) is 28.4 Å². The Morgan fingerprint density at radius 2 is 1.64 bits per heavy atom. The van der Waals surface area contributed by atoms with E-state index < -0.39 is 23.3 Å². The number of benzene rings is 4. The Kier molecular flexibility index (Phi) is 8.83. The summed E-state index contributed by atoms with van der Waals surface area (Å²) in [6.07, 6.45) is -4.70. The largest absolute Gasteiger partial charge is 0.573 e. The van der Waals surface area contributed by atoms with Crippen LogP contribution in [0.1, 0.15) is 18.1 Å². The maximum atomic E-state index is 12.8. The van der Waals surface area contributed by atoms with Gasteiger partial charge in [0.25, 0.3) is 0 Å². The molecule has 202 valence electrons. The van der Waals surface area contributed by atoms with Gasteiger partial charge in [0, 0.05) is 23.4 Å². The summed E-state index contributed by atoms with van der Waals surface area (Å²) in [6.45, 7) is 3.85. The minimum absolute atomic E-state index is 0.123. The van der Waals surface area contributed by atoms with Crippen molar-refractivity contribution in [2.45, 2.75) is 31.5 Å².